The molecule has 0 aliphatic carbocycles. The molecule has 0 aromatic carbocycles. The van der Waals surface area contributed by atoms with Gasteiger partial charge in [-0.2, -0.15) is 0 Å². The van der Waals surface area contributed by atoms with E-state index in [1.54, 1.807) is 0 Å². The van der Waals surface area contributed by atoms with Crippen LogP contribution in [-0.2, 0) is 14.3 Å². The Morgan fingerprint density at radius 3 is 1.60 bits per heavy atom. The summed E-state index contributed by atoms with van der Waals surface area (Å²) in [7, 11) is 0. The number of carbonyl (C=O) groups is 2. The summed E-state index contributed by atoms with van der Waals surface area (Å²) in [6.07, 6.45) is 1.81. The maximum atomic E-state index is 10.2. The third-order valence-corrected chi connectivity index (χ3v) is 0.535. The van der Waals surface area contributed by atoms with Gasteiger partial charge in [0.25, 0.3) is 0 Å². The Morgan fingerprint density at radius 1 is 1.10 bits per heavy atom. The summed E-state index contributed by atoms with van der Waals surface area (Å²) in [5, 5.41) is 0. The number of hydrogen-bond donors (Lipinski definition) is 0. The number of esters is 2. The molecule has 4 heteroatoms. The molecule has 0 bridgehead atoms. The van der Waals surface area contributed by atoms with Gasteiger partial charge in [-0.15, -0.1) is 0 Å². The van der Waals surface area contributed by atoms with Crippen LogP contribution >= 0.6 is 0 Å². The quantitative estimate of drug-likeness (QED) is 0.227. The van der Waals surface area contributed by atoms with Crippen molar-refractivity contribution in [2.24, 2.45) is 0 Å². The fraction of sp³-hybridized carbons (Fsp3) is 0. The Labute approximate surface area is 70.9 Å². The summed E-state index contributed by atoms with van der Waals surface area (Å²) < 4.78 is 4.03. The van der Waals surface area contributed by atoms with E-state index < -0.39 is 11.9 Å². The Hall–Kier alpha value is -0.783. The Morgan fingerprint density at radius 2 is 1.40 bits per heavy atom. The number of rotatable bonds is 2. The van der Waals surface area contributed by atoms with Crippen molar-refractivity contribution >= 4 is 30.8 Å². The van der Waals surface area contributed by atoms with Crippen LogP contribution < -0.4 is 0 Å². The molecule has 3 nitrogen and oxygen atoms in total. The van der Waals surface area contributed by atoms with Gasteiger partial charge in [-0.05, 0) is 0 Å². The molecule has 0 fully saturated rings. The molecule has 0 aromatic rings. The van der Waals surface area contributed by atoms with Crippen LogP contribution in [0.2, 0.25) is 0 Å². The van der Waals surface area contributed by atoms with Crippen LogP contribution in [-0.4, -0.2) is 30.8 Å². The summed E-state index contributed by atoms with van der Waals surface area (Å²) in [6.45, 7) is 6.17. The Bertz CT molecular complexity index is 144. The zero-order valence-electron chi connectivity index (χ0n) is 4.79. The van der Waals surface area contributed by atoms with Crippen molar-refractivity contribution < 1.29 is 14.3 Å². The van der Waals surface area contributed by atoms with Crippen LogP contribution in [0.5, 0.6) is 0 Å². The molecule has 0 spiro atoms. The molecule has 0 radical (unpaired) electrons. The van der Waals surface area contributed by atoms with E-state index in [4.69, 9.17) is 0 Å². The molecule has 0 aromatic heterocycles. The summed E-state index contributed by atoms with van der Waals surface area (Å²) in [4.78, 5) is 20.3. The first-order chi connectivity index (χ1) is 4.20. The zero-order chi connectivity index (χ0) is 7.28. The Balaban J connectivity index is 0. The van der Waals surface area contributed by atoms with E-state index in [1.165, 1.54) is 0 Å². The molecule has 0 amide bonds. The van der Waals surface area contributed by atoms with E-state index in [-0.39, 0.29) is 18.9 Å². The molecule has 10 heavy (non-hydrogen) atoms. The number of carbonyl (C=O) groups excluding carboxylic acids is 2. The van der Waals surface area contributed by atoms with E-state index in [0.29, 0.717) is 0 Å². The van der Waals surface area contributed by atoms with E-state index in [2.05, 4.69) is 17.9 Å². The predicted octanol–water partition coefficient (Wildman–Crippen LogP) is -0.220. The third kappa shape index (κ3) is 5.36. The van der Waals surface area contributed by atoms with Gasteiger partial charge in [-0.1, -0.05) is 13.2 Å². The minimum absolute atomic E-state index is 0. The normalized spacial score (nSPS) is 6.80. The van der Waals surface area contributed by atoms with Crippen molar-refractivity contribution in [2.75, 3.05) is 0 Å². The predicted molar refractivity (Wildman–Crippen MR) is 38.6 cm³/mol. The van der Waals surface area contributed by atoms with Crippen molar-refractivity contribution in [1.29, 1.82) is 0 Å². The first kappa shape index (κ1) is 11.9. The van der Waals surface area contributed by atoms with Gasteiger partial charge >= 0.3 is 30.8 Å². The number of hydrogen-bond acceptors (Lipinski definition) is 3. The van der Waals surface area contributed by atoms with Gasteiger partial charge in [-0.25, -0.2) is 9.59 Å². The van der Waals surface area contributed by atoms with Gasteiger partial charge in [-0.3, -0.25) is 0 Å². The SMILES string of the molecule is C=CC(=O)OC(=O)C=C.[LiH]. The molecule has 0 atom stereocenters. The van der Waals surface area contributed by atoms with Gasteiger partial charge in [0.05, 0.1) is 0 Å². The Kier molecular flexibility index (Phi) is 7.57. The van der Waals surface area contributed by atoms with Gasteiger partial charge < -0.3 is 4.74 Å². The molecule has 0 saturated heterocycles. The summed E-state index contributed by atoms with van der Waals surface area (Å²) in [6, 6.07) is 0. The van der Waals surface area contributed by atoms with Crippen LogP contribution in [0.1, 0.15) is 0 Å². The van der Waals surface area contributed by atoms with Crippen molar-refractivity contribution in [3.63, 3.8) is 0 Å². The average molecular weight is 134 g/mol. The molecule has 0 heterocycles. The average Bonchev–Trinajstić information content (AvgIpc) is 1.87. The van der Waals surface area contributed by atoms with Crippen LogP contribution in [0.4, 0.5) is 0 Å². The molecule has 0 unspecified atom stereocenters. The van der Waals surface area contributed by atoms with Gasteiger partial charge in [0, 0.05) is 12.2 Å². The second-order valence-electron chi connectivity index (χ2n) is 1.15. The van der Waals surface area contributed by atoms with Gasteiger partial charge in [0.1, 0.15) is 0 Å². The second kappa shape index (κ2) is 6.34. The molecule has 0 aliphatic rings. The standard InChI is InChI=1S/C6H6O3.Li.H/c1-3-5(7)9-6(8)4-2;;/h3-4H,1-2H2;;. The van der Waals surface area contributed by atoms with Crippen molar-refractivity contribution in [1.82, 2.24) is 0 Å². The monoisotopic (exact) mass is 134 g/mol. The van der Waals surface area contributed by atoms with Crippen molar-refractivity contribution in [3.05, 3.63) is 25.3 Å². The summed E-state index contributed by atoms with van der Waals surface area (Å²) in [5.74, 6) is -1.53. The summed E-state index contributed by atoms with van der Waals surface area (Å²) in [5.41, 5.74) is 0. The molecule has 0 aliphatic heterocycles. The maximum absolute atomic E-state index is 10.2. The second-order valence-corrected chi connectivity index (χ2v) is 1.15. The third-order valence-electron chi connectivity index (χ3n) is 0.535. The molecule has 0 N–H and O–H groups in total. The van der Waals surface area contributed by atoms with Crippen LogP contribution in [0, 0.1) is 0 Å². The number of ether oxygens (including phenoxy) is 1. The van der Waals surface area contributed by atoms with Crippen LogP contribution in [0.25, 0.3) is 0 Å². The topological polar surface area (TPSA) is 43.4 Å². The minimum atomic E-state index is -0.764. The van der Waals surface area contributed by atoms with Crippen molar-refractivity contribution in [2.45, 2.75) is 0 Å². The molecule has 50 valence electrons. The van der Waals surface area contributed by atoms with Gasteiger partial charge in [0.2, 0.25) is 0 Å². The molecule has 0 rings (SSSR count). The van der Waals surface area contributed by atoms with Crippen molar-refractivity contribution in [3.8, 4) is 0 Å². The zero-order valence-corrected chi connectivity index (χ0v) is 4.79. The first-order valence-corrected chi connectivity index (χ1v) is 2.21. The summed E-state index contributed by atoms with van der Waals surface area (Å²) >= 11 is 0. The van der Waals surface area contributed by atoms with Crippen LogP contribution in [0.3, 0.4) is 0 Å². The van der Waals surface area contributed by atoms with Gasteiger partial charge in [0.15, 0.2) is 0 Å². The van der Waals surface area contributed by atoms with E-state index in [1.807, 2.05) is 0 Å². The fourth-order valence-corrected chi connectivity index (χ4v) is 0.182. The van der Waals surface area contributed by atoms with E-state index >= 15 is 0 Å². The molecular formula is C6H7LiO3. The van der Waals surface area contributed by atoms with E-state index in [0.717, 1.165) is 12.2 Å². The molecule has 0 saturated carbocycles. The fourth-order valence-electron chi connectivity index (χ4n) is 0.182. The van der Waals surface area contributed by atoms with E-state index in [9.17, 15) is 9.59 Å². The van der Waals surface area contributed by atoms with Crippen LogP contribution in [0.15, 0.2) is 25.3 Å². The first-order valence-electron chi connectivity index (χ1n) is 2.21. The molecular weight excluding hydrogens is 127 g/mol.